The highest BCUT2D eigenvalue weighted by Crippen LogP contribution is 2.31. The Bertz CT molecular complexity index is 600. The fraction of sp³-hybridized carbons (Fsp3) is 0.333. The van der Waals surface area contributed by atoms with Crippen molar-refractivity contribution in [2.75, 3.05) is 26.1 Å². The average molecular weight is 273 g/mol. The molecule has 2 rings (SSSR count). The largest absolute Gasteiger partial charge is 0.490 e. The Morgan fingerprint density at radius 1 is 1.05 bits per heavy atom. The van der Waals surface area contributed by atoms with Crippen LogP contribution in [0.15, 0.2) is 24.3 Å². The van der Waals surface area contributed by atoms with Crippen molar-refractivity contribution >= 4 is 5.82 Å². The van der Waals surface area contributed by atoms with Crippen molar-refractivity contribution in [2.45, 2.75) is 13.8 Å². The number of rotatable bonds is 5. The minimum atomic E-state index is 0.413. The summed E-state index contributed by atoms with van der Waals surface area (Å²) < 4.78 is 10.7. The summed E-state index contributed by atoms with van der Waals surface area (Å²) >= 11 is 0. The van der Waals surface area contributed by atoms with Crippen LogP contribution >= 0.6 is 0 Å². The first kappa shape index (κ1) is 14.3. The number of nitrogens with two attached hydrogens (primary N) is 1. The fourth-order valence-electron chi connectivity index (χ4n) is 1.84. The zero-order valence-corrected chi connectivity index (χ0v) is 12.0. The summed E-state index contributed by atoms with van der Waals surface area (Å²) in [7, 11) is 1.64. The predicted octanol–water partition coefficient (Wildman–Crippen LogP) is 2.37. The maximum Gasteiger partial charge on any atom is 0.150 e. The van der Waals surface area contributed by atoms with Crippen LogP contribution in [0.1, 0.15) is 11.4 Å². The molecule has 0 spiro atoms. The van der Waals surface area contributed by atoms with E-state index in [1.165, 1.54) is 0 Å². The minimum absolute atomic E-state index is 0.413. The summed E-state index contributed by atoms with van der Waals surface area (Å²) in [5.41, 5.74) is 9.19. The Kier molecular flexibility index (Phi) is 4.53. The maximum absolute atomic E-state index is 5.99. The molecule has 1 heterocycles. The van der Waals surface area contributed by atoms with E-state index in [4.69, 9.17) is 15.2 Å². The molecule has 0 amide bonds. The number of nitrogen functional groups attached to an aromatic ring is 1. The van der Waals surface area contributed by atoms with Gasteiger partial charge in [-0.2, -0.15) is 0 Å². The van der Waals surface area contributed by atoms with Crippen molar-refractivity contribution < 1.29 is 9.47 Å². The van der Waals surface area contributed by atoms with Gasteiger partial charge in [-0.15, -0.1) is 0 Å². The molecule has 0 saturated heterocycles. The summed E-state index contributed by atoms with van der Waals surface area (Å²) in [6.07, 6.45) is 0. The van der Waals surface area contributed by atoms with Crippen molar-refractivity contribution in [2.24, 2.45) is 0 Å². The van der Waals surface area contributed by atoms with Gasteiger partial charge in [0, 0.05) is 12.7 Å². The van der Waals surface area contributed by atoms with E-state index in [0.29, 0.717) is 24.7 Å². The number of aryl methyl sites for hydroxylation is 2. The van der Waals surface area contributed by atoms with Gasteiger partial charge in [-0.25, -0.2) is 9.97 Å². The Hall–Kier alpha value is -2.14. The first-order chi connectivity index (χ1) is 9.63. The van der Waals surface area contributed by atoms with E-state index in [9.17, 15) is 0 Å². The third-order valence-corrected chi connectivity index (χ3v) is 3.02. The van der Waals surface area contributed by atoms with Gasteiger partial charge < -0.3 is 15.2 Å². The van der Waals surface area contributed by atoms with Crippen molar-refractivity contribution in [3.8, 4) is 17.0 Å². The van der Waals surface area contributed by atoms with E-state index in [1.807, 2.05) is 38.1 Å². The molecule has 5 nitrogen and oxygen atoms in total. The second-order valence-electron chi connectivity index (χ2n) is 4.47. The molecule has 0 fully saturated rings. The van der Waals surface area contributed by atoms with E-state index in [0.717, 1.165) is 22.7 Å². The van der Waals surface area contributed by atoms with E-state index >= 15 is 0 Å². The summed E-state index contributed by atoms with van der Waals surface area (Å²) in [5, 5.41) is 0. The quantitative estimate of drug-likeness (QED) is 0.847. The molecule has 0 atom stereocenters. The van der Waals surface area contributed by atoms with Gasteiger partial charge in [0.15, 0.2) is 0 Å². The van der Waals surface area contributed by atoms with Gasteiger partial charge in [0.1, 0.15) is 23.9 Å². The number of nitrogens with zero attached hydrogens (tertiary/aromatic N) is 2. The van der Waals surface area contributed by atoms with E-state index in [-0.39, 0.29) is 0 Å². The van der Waals surface area contributed by atoms with Crippen LogP contribution < -0.4 is 10.5 Å². The molecule has 0 aliphatic carbocycles. The lowest BCUT2D eigenvalue weighted by atomic mass is 10.1. The maximum atomic E-state index is 5.99. The van der Waals surface area contributed by atoms with Crippen molar-refractivity contribution in [1.29, 1.82) is 0 Å². The number of aromatic nitrogens is 2. The molecule has 2 aromatic rings. The molecule has 1 aromatic carbocycles. The topological polar surface area (TPSA) is 70.3 Å². The number of hydrogen-bond donors (Lipinski definition) is 1. The van der Waals surface area contributed by atoms with Gasteiger partial charge in [0.2, 0.25) is 0 Å². The van der Waals surface area contributed by atoms with Crippen molar-refractivity contribution in [3.63, 3.8) is 0 Å². The van der Waals surface area contributed by atoms with Gasteiger partial charge in [0.05, 0.1) is 18.0 Å². The lowest BCUT2D eigenvalue weighted by molar-refractivity contribution is 0.146. The lowest BCUT2D eigenvalue weighted by Gasteiger charge is -2.13. The number of anilines is 1. The van der Waals surface area contributed by atoms with Crippen LogP contribution in [-0.4, -0.2) is 30.3 Å². The highest BCUT2D eigenvalue weighted by atomic mass is 16.5. The highest BCUT2D eigenvalue weighted by molar-refractivity contribution is 5.75. The van der Waals surface area contributed by atoms with Gasteiger partial charge >= 0.3 is 0 Å². The molecule has 1 aromatic heterocycles. The first-order valence-electron chi connectivity index (χ1n) is 6.45. The lowest BCUT2D eigenvalue weighted by Crippen LogP contribution is -2.07. The second-order valence-corrected chi connectivity index (χ2v) is 4.47. The number of methoxy groups -OCH3 is 1. The van der Waals surface area contributed by atoms with Crippen LogP contribution in [0.25, 0.3) is 11.3 Å². The first-order valence-corrected chi connectivity index (χ1v) is 6.45. The third-order valence-electron chi connectivity index (χ3n) is 3.02. The molecule has 0 aliphatic heterocycles. The van der Waals surface area contributed by atoms with Crippen molar-refractivity contribution in [3.05, 3.63) is 35.7 Å². The number of benzene rings is 1. The minimum Gasteiger partial charge on any atom is -0.490 e. The van der Waals surface area contributed by atoms with Crippen LogP contribution in [-0.2, 0) is 4.74 Å². The highest BCUT2D eigenvalue weighted by Gasteiger charge is 2.13. The second kappa shape index (κ2) is 6.34. The monoisotopic (exact) mass is 273 g/mol. The molecule has 2 N–H and O–H groups in total. The van der Waals surface area contributed by atoms with Gasteiger partial charge in [-0.05, 0) is 26.0 Å². The van der Waals surface area contributed by atoms with Gasteiger partial charge in [-0.1, -0.05) is 12.1 Å². The molecule has 5 heteroatoms. The predicted molar refractivity (Wildman–Crippen MR) is 78.7 cm³/mol. The van der Waals surface area contributed by atoms with Crippen LogP contribution in [0.2, 0.25) is 0 Å². The van der Waals surface area contributed by atoms with Crippen LogP contribution in [0.4, 0.5) is 5.82 Å². The van der Waals surface area contributed by atoms with Gasteiger partial charge in [0.25, 0.3) is 0 Å². The van der Waals surface area contributed by atoms with E-state index in [1.54, 1.807) is 7.11 Å². The van der Waals surface area contributed by atoms with Crippen molar-refractivity contribution in [1.82, 2.24) is 9.97 Å². The summed E-state index contributed by atoms with van der Waals surface area (Å²) in [4.78, 5) is 8.85. The van der Waals surface area contributed by atoms with Gasteiger partial charge in [-0.3, -0.25) is 0 Å². The molecular formula is C15H19N3O2. The zero-order valence-electron chi connectivity index (χ0n) is 12.0. The number of hydrogen-bond acceptors (Lipinski definition) is 5. The molecule has 20 heavy (non-hydrogen) atoms. The SMILES string of the molecule is COCCOc1ccccc1-c1nc(C)c(C)nc1N. The van der Waals surface area contributed by atoms with Crippen LogP contribution in [0.3, 0.4) is 0 Å². The molecule has 106 valence electrons. The summed E-state index contributed by atoms with van der Waals surface area (Å²) in [6, 6.07) is 7.66. The zero-order chi connectivity index (χ0) is 14.5. The standard InChI is InChI=1S/C15H19N3O2/c1-10-11(2)18-15(16)14(17-10)12-6-4-5-7-13(12)20-9-8-19-3/h4-7H,8-9H2,1-3H3,(H2,16,18). The third kappa shape index (κ3) is 3.05. The summed E-state index contributed by atoms with van der Waals surface area (Å²) in [5.74, 6) is 1.14. The normalized spacial score (nSPS) is 10.6. The molecule has 0 bridgehead atoms. The fourth-order valence-corrected chi connectivity index (χ4v) is 1.84. The van der Waals surface area contributed by atoms with E-state index in [2.05, 4.69) is 9.97 Å². The smallest absolute Gasteiger partial charge is 0.150 e. The summed E-state index contributed by atoms with van der Waals surface area (Å²) in [6.45, 7) is 4.82. The Labute approximate surface area is 118 Å². The molecule has 0 saturated carbocycles. The molecule has 0 aliphatic rings. The molecule has 0 unspecified atom stereocenters. The number of para-hydroxylation sites is 1. The van der Waals surface area contributed by atoms with E-state index < -0.39 is 0 Å². The average Bonchev–Trinajstić information content (AvgIpc) is 2.44. The number of ether oxygens (including phenoxy) is 2. The Morgan fingerprint density at radius 2 is 1.75 bits per heavy atom. The molecule has 0 radical (unpaired) electrons. The molecular weight excluding hydrogens is 254 g/mol. The Balaban J connectivity index is 2.39. The van der Waals surface area contributed by atoms with Crippen LogP contribution in [0, 0.1) is 13.8 Å². The van der Waals surface area contributed by atoms with Crippen LogP contribution in [0.5, 0.6) is 5.75 Å². The Morgan fingerprint density at radius 3 is 2.50 bits per heavy atom.